The average molecular weight is 372 g/mol. The zero-order valence-electron chi connectivity index (χ0n) is 13.4. The van der Waals surface area contributed by atoms with Crippen LogP contribution in [0.2, 0.25) is 0 Å². The highest BCUT2D eigenvalue weighted by Crippen LogP contribution is 2.32. The van der Waals surface area contributed by atoms with Gasteiger partial charge in [0.15, 0.2) is 0 Å². The van der Waals surface area contributed by atoms with Gasteiger partial charge in [-0.15, -0.1) is 0 Å². The maximum atomic E-state index is 13.8. The zero-order valence-corrected chi connectivity index (χ0v) is 13.4. The summed E-state index contributed by atoms with van der Waals surface area (Å²) in [6, 6.07) is 5.27. The van der Waals surface area contributed by atoms with Crippen LogP contribution in [-0.2, 0) is 17.5 Å². The van der Waals surface area contributed by atoms with Crippen LogP contribution in [0, 0.1) is 11.6 Å². The smallest absolute Gasteiger partial charge is 0.348 e. The molecule has 2 rings (SSSR count). The van der Waals surface area contributed by atoms with E-state index in [4.69, 9.17) is 0 Å². The summed E-state index contributed by atoms with van der Waals surface area (Å²) in [6.45, 7) is 0.633. The summed E-state index contributed by atoms with van der Waals surface area (Å²) in [5.41, 5.74) is -1.90. The van der Waals surface area contributed by atoms with Gasteiger partial charge in [-0.2, -0.15) is 13.2 Å². The monoisotopic (exact) mass is 372 g/mol. The van der Waals surface area contributed by atoms with Crippen LogP contribution in [0.25, 0.3) is 0 Å². The molecule has 9 heteroatoms. The summed E-state index contributed by atoms with van der Waals surface area (Å²) in [5, 5.41) is 4.51. The van der Waals surface area contributed by atoms with Gasteiger partial charge in [0.1, 0.15) is 11.6 Å². The number of rotatable bonds is 4. The quantitative estimate of drug-likeness (QED) is 0.801. The molecule has 0 saturated carbocycles. The Morgan fingerprint density at radius 3 is 2.35 bits per heavy atom. The van der Waals surface area contributed by atoms with Gasteiger partial charge in [0.2, 0.25) is 5.91 Å². The third-order valence-corrected chi connectivity index (χ3v) is 3.35. The second-order valence-electron chi connectivity index (χ2n) is 5.36. The molecule has 138 valence electrons. The van der Waals surface area contributed by atoms with Crippen molar-refractivity contribution in [1.82, 2.24) is 5.32 Å². The Kier molecular flexibility index (Phi) is 5.59. The van der Waals surface area contributed by atoms with Crippen molar-refractivity contribution in [3.05, 3.63) is 64.7 Å². The van der Waals surface area contributed by atoms with Crippen molar-refractivity contribution < 1.29 is 31.5 Å². The van der Waals surface area contributed by atoms with E-state index in [1.807, 2.05) is 0 Å². The maximum absolute atomic E-state index is 13.8. The molecular weight excluding hydrogens is 359 g/mol. The fourth-order valence-electron chi connectivity index (χ4n) is 2.22. The lowest BCUT2D eigenvalue weighted by molar-refractivity contribution is -0.138. The molecule has 0 radical (unpaired) electrons. The van der Waals surface area contributed by atoms with Crippen LogP contribution in [-0.4, -0.2) is 11.8 Å². The van der Waals surface area contributed by atoms with E-state index < -0.39 is 47.3 Å². The molecule has 0 fully saturated rings. The number of alkyl halides is 3. The summed E-state index contributed by atoms with van der Waals surface area (Å²) in [6.07, 6.45) is -4.81. The van der Waals surface area contributed by atoms with Crippen molar-refractivity contribution in [2.45, 2.75) is 19.6 Å². The minimum absolute atomic E-state index is 0.154. The van der Waals surface area contributed by atoms with Crippen LogP contribution < -0.4 is 10.6 Å². The molecule has 0 aromatic heterocycles. The Labute approximate surface area is 145 Å². The maximum Gasteiger partial charge on any atom is 0.416 e. The summed E-state index contributed by atoms with van der Waals surface area (Å²) in [5.74, 6) is -3.40. The first kappa shape index (κ1) is 19.4. The van der Waals surface area contributed by atoms with Crippen molar-refractivity contribution in [3.8, 4) is 0 Å². The molecule has 0 spiro atoms. The number of carbonyl (C=O) groups is 2. The first-order valence-electron chi connectivity index (χ1n) is 7.29. The lowest BCUT2D eigenvalue weighted by Gasteiger charge is -2.14. The summed E-state index contributed by atoms with van der Waals surface area (Å²) >= 11 is 0. The van der Waals surface area contributed by atoms with Gasteiger partial charge >= 0.3 is 6.18 Å². The van der Waals surface area contributed by atoms with Gasteiger partial charge in [0.05, 0.1) is 11.1 Å². The first-order valence-corrected chi connectivity index (χ1v) is 7.29. The van der Waals surface area contributed by atoms with Crippen LogP contribution in [0.4, 0.5) is 27.6 Å². The molecule has 0 heterocycles. The van der Waals surface area contributed by atoms with E-state index in [1.165, 1.54) is 13.0 Å². The Hall–Kier alpha value is -2.97. The number of anilines is 1. The second kappa shape index (κ2) is 7.51. The standard InChI is InChI=1S/C17H13F5N2O2/c1-9(25)24-12-4-5-15(19)13(7-12)16(26)23-8-10-2-3-11(18)6-14(10)17(20,21)22/h2-7H,8H2,1H3,(H,23,26)(H,24,25). The topological polar surface area (TPSA) is 58.2 Å². The molecule has 0 atom stereocenters. The molecule has 0 aliphatic rings. The fraction of sp³-hybridized carbons (Fsp3) is 0.176. The zero-order chi connectivity index (χ0) is 19.5. The van der Waals surface area contributed by atoms with Crippen molar-refractivity contribution in [1.29, 1.82) is 0 Å². The predicted octanol–water partition coefficient (Wildman–Crippen LogP) is 3.87. The minimum Gasteiger partial charge on any atom is -0.348 e. The van der Waals surface area contributed by atoms with Crippen LogP contribution >= 0.6 is 0 Å². The lowest BCUT2D eigenvalue weighted by Crippen LogP contribution is -2.25. The van der Waals surface area contributed by atoms with Gasteiger partial charge in [-0.25, -0.2) is 8.78 Å². The Bertz CT molecular complexity index is 850. The predicted molar refractivity (Wildman–Crippen MR) is 83.3 cm³/mol. The Balaban J connectivity index is 2.21. The highest BCUT2D eigenvalue weighted by Gasteiger charge is 2.33. The number of halogens is 5. The molecule has 0 unspecified atom stereocenters. The molecule has 2 N–H and O–H groups in total. The van der Waals surface area contributed by atoms with E-state index in [-0.39, 0.29) is 11.3 Å². The van der Waals surface area contributed by atoms with Gasteiger partial charge in [0, 0.05) is 19.2 Å². The minimum atomic E-state index is -4.81. The van der Waals surface area contributed by atoms with E-state index in [0.29, 0.717) is 6.07 Å². The SMILES string of the molecule is CC(=O)Nc1ccc(F)c(C(=O)NCc2ccc(F)cc2C(F)(F)F)c1. The molecule has 26 heavy (non-hydrogen) atoms. The number of hydrogen-bond donors (Lipinski definition) is 2. The fourth-order valence-corrected chi connectivity index (χ4v) is 2.22. The number of amides is 2. The summed E-state index contributed by atoms with van der Waals surface area (Å²) < 4.78 is 65.7. The van der Waals surface area contributed by atoms with E-state index in [9.17, 15) is 31.5 Å². The number of carbonyl (C=O) groups excluding carboxylic acids is 2. The van der Waals surface area contributed by atoms with Crippen molar-refractivity contribution in [3.63, 3.8) is 0 Å². The summed E-state index contributed by atoms with van der Waals surface area (Å²) in [4.78, 5) is 23.1. The summed E-state index contributed by atoms with van der Waals surface area (Å²) in [7, 11) is 0. The van der Waals surface area contributed by atoms with Crippen LogP contribution in [0.15, 0.2) is 36.4 Å². The first-order chi connectivity index (χ1) is 12.1. The van der Waals surface area contributed by atoms with Crippen LogP contribution in [0.3, 0.4) is 0 Å². The van der Waals surface area contributed by atoms with E-state index in [2.05, 4.69) is 10.6 Å². The molecule has 2 aromatic rings. The molecule has 0 bridgehead atoms. The second-order valence-corrected chi connectivity index (χ2v) is 5.36. The van der Waals surface area contributed by atoms with Gasteiger partial charge in [-0.05, 0) is 35.9 Å². The number of nitrogens with one attached hydrogen (secondary N) is 2. The number of benzene rings is 2. The van der Waals surface area contributed by atoms with Crippen molar-refractivity contribution >= 4 is 17.5 Å². The largest absolute Gasteiger partial charge is 0.416 e. The third kappa shape index (κ3) is 4.78. The Morgan fingerprint density at radius 1 is 1.04 bits per heavy atom. The highest BCUT2D eigenvalue weighted by atomic mass is 19.4. The lowest BCUT2D eigenvalue weighted by atomic mass is 10.1. The van der Waals surface area contributed by atoms with E-state index in [1.54, 1.807) is 0 Å². The third-order valence-electron chi connectivity index (χ3n) is 3.35. The van der Waals surface area contributed by atoms with E-state index >= 15 is 0 Å². The highest BCUT2D eigenvalue weighted by molar-refractivity contribution is 5.97. The molecule has 2 aromatic carbocycles. The van der Waals surface area contributed by atoms with Crippen LogP contribution in [0.1, 0.15) is 28.4 Å². The number of hydrogen-bond acceptors (Lipinski definition) is 2. The van der Waals surface area contributed by atoms with Gasteiger partial charge < -0.3 is 10.6 Å². The van der Waals surface area contributed by atoms with Crippen LogP contribution in [0.5, 0.6) is 0 Å². The van der Waals surface area contributed by atoms with Gasteiger partial charge in [-0.1, -0.05) is 6.07 Å². The molecular formula is C17H13F5N2O2. The van der Waals surface area contributed by atoms with Crippen molar-refractivity contribution in [2.24, 2.45) is 0 Å². The molecule has 0 aliphatic heterocycles. The van der Waals surface area contributed by atoms with E-state index in [0.717, 1.165) is 24.3 Å². The molecule has 0 saturated heterocycles. The molecule has 2 amide bonds. The molecule has 0 aliphatic carbocycles. The molecule has 4 nitrogen and oxygen atoms in total. The van der Waals surface area contributed by atoms with Crippen molar-refractivity contribution in [2.75, 3.05) is 5.32 Å². The van der Waals surface area contributed by atoms with Gasteiger partial charge in [-0.3, -0.25) is 9.59 Å². The average Bonchev–Trinajstić information content (AvgIpc) is 2.53. The normalized spacial score (nSPS) is 11.2. The Morgan fingerprint density at radius 2 is 1.73 bits per heavy atom. The van der Waals surface area contributed by atoms with Gasteiger partial charge in [0.25, 0.3) is 5.91 Å².